The molecule has 0 aliphatic heterocycles. The molecule has 4 heteroatoms. The van der Waals surface area contributed by atoms with E-state index in [1.807, 2.05) is 6.07 Å². The summed E-state index contributed by atoms with van der Waals surface area (Å²) in [6.45, 7) is 2.09. The first-order valence-electron chi connectivity index (χ1n) is 4.23. The van der Waals surface area contributed by atoms with Gasteiger partial charge in [-0.1, -0.05) is 6.07 Å². The lowest BCUT2D eigenvalue weighted by Gasteiger charge is -2.05. The third-order valence-corrected chi connectivity index (χ3v) is 5.21. The Labute approximate surface area is 99.7 Å². The van der Waals surface area contributed by atoms with E-state index in [-0.39, 0.29) is 6.04 Å². The summed E-state index contributed by atoms with van der Waals surface area (Å²) in [4.78, 5) is 2.44. The topological polar surface area (TPSA) is 26.0 Å². The van der Waals surface area contributed by atoms with Crippen LogP contribution in [0.15, 0.2) is 27.4 Å². The average Bonchev–Trinajstić information content (AvgIpc) is 2.76. The molecule has 1 nitrogen and oxygen atoms in total. The molecule has 14 heavy (non-hydrogen) atoms. The number of thiophene rings is 2. The summed E-state index contributed by atoms with van der Waals surface area (Å²) in [5, 5.41) is 2.06. The fourth-order valence-electron chi connectivity index (χ4n) is 1.25. The molecular formula is C10H10BrNS2. The van der Waals surface area contributed by atoms with E-state index in [0.717, 1.165) is 0 Å². The standard InChI is InChI=1S/C10H10BrNS2/c1-6-5-8(14-10(6)11)9(12)7-3-2-4-13-7/h2-5,9H,12H2,1H3/t9-/m0/s1. The van der Waals surface area contributed by atoms with E-state index in [2.05, 4.69) is 40.4 Å². The molecule has 0 fully saturated rings. The van der Waals surface area contributed by atoms with E-state index in [1.54, 1.807) is 22.7 Å². The zero-order valence-electron chi connectivity index (χ0n) is 7.66. The van der Waals surface area contributed by atoms with Gasteiger partial charge in [0.1, 0.15) is 0 Å². The molecule has 2 rings (SSSR count). The number of nitrogens with two attached hydrogens (primary N) is 1. The minimum atomic E-state index is 0.0324. The highest BCUT2D eigenvalue weighted by Gasteiger charge is 2.13. The van der Waals surface area contributed by atoms with E-state index in [9.17, 15) is 0 Å². The van der Waals surface area contributed by atoms with Gasteiger partial charge in [-0.15, -0.1) is 22.7 Å². The number of hydrogen-bond donors (Lipinski definition) is 1. The van der Waals surface area contributed by atoms with Crippen LogP contribution in [0.2, 0.25) is 0 Å². The second-order valence-corrected chi connectivity index (χ2v) is 6.48. The largest absolute Gasteiger partial charge is 0.319 e. The van der Waals surface area contributed by atoms with Crippen molar-refractivity contribution in [1.29, 1.82) is 0 Å². The van der Waals surface area contributed by atoms with Crippen molar-refractivity contribution in [3.63, 3.8) is 0 Å². The molecule has 0 amide bonds. The highest BCUT2D eigenvalue weighted by atomic mass is 79.9. The minimum Gasteiger partial charge on any atom is -0.319 e. The molecule has 0 unspecified atom stereocenters. The summed E-state index contributed by atoms with van der Waals surface area (Å²) in [5.74, 6) is 0. The van der Waals surface area contributed by atoms with Gasteiger partial charge in [-0.3, -0.25) is 0 Å². The molecule has 0 aliphatic rings. The highest BCUT2D eigenvalue weighted by Crippen LogP contribution is 2.34. The molecular weight excluding hydrogens is 278 g/mol. The van der Waals surface area contributed by atoms with Gasteiger partial charge in [-0.2, -0.15) is 0 Å². The SMILES string of the molecule is Cc1cc([C@@H](N)c2cccs2)sc1Br. The zero-order chi connectivity index (χ0) is 10.1. The molecule has 0 spiro atoms. The maximum absolute atomic E-state index is 6.14. The Balaban J connectivity index is 2.32. The van der Waals surface area contributed by atoms with E-state index in [0.29, 0.717) is 0 Å². The quantitative estimate of drug-likeness (QED) is 0.890. The maximum atomic E-state index is 6.14. The number of halogens is 1. The average molecular weight is 288 g/mol. The Kier molecular flexibility index (Phi) is 3.07. The van der Waals surface area contributed by atoms with Crippen LogP contribution < -0.4 is 5.73 Å². The smallest absolute Gasteiger partial charge is 0.0740 e. The molecule has 0 bridgehead atoms. The lowest BCUT2D eigenvalue weighted by molar-refractivity contribution is 0.916. The maximum Gasteiger partial charge on any atom is 0.0740 e. The van der Waals surface area contributed by atoms with Crippen LogP contribution in [0.4, 0.5) is 0 Å². The molecule has 2 aromatic heterocycles. The number of aryl methyl sites for hydroxylation is 1. The van der Waals surface area contributed by atoms with Crippen molar-refractivity contribution in [1.82, 2.24) is 0 Å². The van der Waals surface area contributed by atoms with Gasteiger partial charge < -0.3 is 5.73 Å². The molecule has 2 aromatic rings. The van der Waals surface area contributed by atoms with Gasteiger partial charge in [0.15, 0.2) is 0 Å². The Morgan fingerprint density at radius 2 is 2.21 bits per heavy atom. The minimum absolute atomic E-state index is 0.0324. The number of rotatable bonds is 2. The Morgan fingerprint density at radius 3 is 2.71 bits per heavy atom. The molecule has 1 atom stereocenters. The van der Waals surface area contributed by atoms with Crippen LogP contribution in [0, 0.1) is 6.92 Å². The van der Waals surface area contributed by atoms with Gasteiger partial charge in [0, 0.05) is 9.75 Å². The molecule has 0 aliphatic carbocycles. The molecule has 2 heterocycles. The van der Waals surface area contributed by atoms with E-state index in [1.165, 1.54) is 19.1 Å². The van der Waals surface area contributed by atoms with Crippen LogP contribution in [0.3, 0.4) is 0 Å². The summed E-state index contributed by atoms with van der Waals surface area (Å²) >= 11 is 6.94. The normalized spacial score (nSPS) is 13.1. The molecule has 0 aromatic carbocycles. The molecule has 74 valence electrons. The van der Waals surface area contributed by atoms with E-state index in [4.69, 9.17) is 5.73 Å². The Hall–Kier alpha value is -0.160. The highest BCUT2D eigenvalue weighted by molar-refractivity contribution is 9.11. The summed E-state index contributed by atoms with van der Waals surface area (Å²) in [7, 11) is 0. The third kappa shape index (κ3) is 1.93. The molecule has 0 radical (unpaired) electrons. The zero-order valence-corrected chi connectivity index (χ0v) is 10.9. The summed E-state index contributed by atoms with van der Waals surface area (Å²) in [5.41, 5.74) is 7.40. The van der Waals surface area contributed by atoms with Crippen molar-refractivity contribution in [3.05, 3.63) is 42.7 Å². The lowest BCUT2D eigenvalue weighted by atomic mass is 10.2. The first-order chi connectivity index (χ1) is 6.68. The summed E-state index contributed by atoms with van der Waals surface area (Å²) < 4.78 is 1.18. The lowest BCUT2D eigenvalue weighted by Crippen LogP contribution is -2.07. The van der Waals surface area contributed by atoms with Gasteiger partial charge in [-0.05, 0) is 45.9 Å². The van der Waals surface area contributed by atoms with Crippen LogP contribution in [-0.4, -0.2) is 0 Å². The molecule has 0 saturated heterocycles. The van der Waals surface area contributed by atoms with Crippen molar-refractivity contribution >= 4 is 38.6 Å². The van der Waals surface area contributed by atoms with Gasteiger partial charge in [0.05, 0.1) is 9.83 Å². The van der Waals surface area contributed by atoms with Gasteiger partial charge in [0.2, 0.25) is 0 Å². The van der Waals surface area contributed by atoms with Crippen LogP contribution in [0.25, 0.3) is 0 Å². The molecule has 2 N–H and O–H groups in total. The fraction of sp³-hybridized carbons (Fsp3) is 0.200. The Bertz CT molecular complexity index is 400. The van der Waals surface area contributed by atoms with Crippen molar-refractivity contribution in [2.45, 2.75) is 13.0 Å². The second-order valence-electron chi connectivity index (χ2n) is 3.10. The fourth-order valence-corrected chi connectivity index (χ4v) is 3.66. The monoisotopic (exact) mass is 287 g/mol. The third-order valence-electron chi connectivity index (χ3n) is 2.03. The first-order valence-corrected chi connectivity index (χ1v) is 6.72. The van der Waals surface area contributed by atoms with E-state index < -0.39 is 0 Å². The summed E-state index contributed by atoms with van der Waals surface area (Å²) in [6, 6.07) is 6.30. The van der Waals surface area contributed by atoms with Gasteiger partial charge in [0.25, 0.3) is 0 Å². The number of hydrogen-bond acceptors (Lipinski definition) is 3. The van der Waals surface area contributed by atoms with Crippen LogP contribution in [-0.2, 0) is 0 Å². The van der Waals surface area contributed by atoms with Crippen molar-refractivity contribution in [2.75, 3.05) is 0 Å². The van der Waals surface area contributed by atoms with Crippen LogP contribution in [0.1, 0.15) is 21.4 Å². The van der Waals surface area contributed by atoms with Crippen molar-refractivity contribution in [2.24, 2.45) is 5.73 Å². The van der Waals surface area contributed by atoms with Crippen LogP contribution >= 0.6 is 38.6 Å². The second kappa shape index (κ2) is 4.14. The predicted molar refractivity (Wildman–Crippen MR) is 67.1 cm³/mol. The van der Waals surface area contributed by atoms with Gasteiger partial charge >= 0.3 is 0 Å². The first kappa shape index (κ1) is 10.4. The van der Waals surface area contributed by atoms with Crippen molar-refractivity contribution < 1.29 is 0 Å². The van der Waals surface area contributed by atoms with Crippen LogP contribution in [0.5, 0.6) is 0 Å². The Morgan fingerprint density at radius 1 is 1.43 bits per heavy atom. The van der Waals surface area contributed by atoms with Crippen molar-refractivity contribution in [3.8, 4) is 0 Å². The van der Waals surface area contributed by atoms with E-state index >= 15 is 0 Å². The predicted octanol–water partition coefficient (Wildman–Crippen LogP) is 3.93. The summed E-state index contributed by atoms with van der Waals surface area (Å²) in [6.07, 6.45) is 0. The van der Waals surface area contributed by atoms with Gasteiger partial charge in [-0.25, -0.2) is 0 Å². The molecule has 0 saturated carbocycles.